The third-order valence-electron chi connectivity index (χ3n) is 5.07. The van der Waals surface area contributed by atoms with Crippen LogP contribution in [-0.4, -0.2) is 33.0 Å². The van der Waals surface area contributed by atoms with Gasteiger partial charge in [-0.25, -0.2) is 9.50 Å². The Balaban J connectivity index is 1.49. The molecule has 0 unspecified atom stereocenters. The number of nitrogens with one attached hydrogen (secondary N) is 2. The summed E-state index contributed by atoms with van der Waals surface area (Å²) in [5.74, 6) is -0.696. The summed E-state index contributed by atoms with van der Waals surface area (Å²) in [5.41, 5.74) is 6.42. The van der Waals surface area contributed by atoms with E-state index in [0.717, 1.165) is 33.6 Å². The third kappa shape index (κ3) is 4.16. The lowest BCUT2D eigenvalue weighted by molar-refractivity contribution is -0.115. The van der Waals surface area contributed by atoms with Crippen LogP contribution in [0.25, 0.3) is 16.9 Å². The maximum Gasteiger partial charge on any atom is 0.257 e. The Morgan fingerprint density at radius 3 is 2.42 bits per heavy atom. The summed E-state index contributed by atoms with van der Waals surface area (Å²) in [7, 11) is 0. The molecule has 2 amide bonds. The Bertz CT molecular complexity index is 1250. The van der Waals surface area contributed by atoms with Gasteiger partial charge in [-0.05, 0) is 38.0 Å². The van der Waals surface area contributed by atoms with Gasteiger partial charge in [0, 0.05) is 17.4 Å². The quantitative estimate of drug-likeness (QED) is 0.522. The van der Waals surface area contributed by atoms with Crippen LogP contribution in [0.4, 0.5) is 5.69 Å². The number of hydrogen-bond donors (Lipinski definition) is 2. The number of rotatable bonds is 5. The first-order valence-electron chi connectivity index (χ1n) is 9.98. The first kappa shape index (κ1) is 20.3. The molecular weight excluding hydrogens is 390 g/mol. The van der Waals surface area contributed by atoms with Gasteiger partial charge in [-0.3, -0.25) is 9.59 Å². The highest BCUT2D eigenvalue weighted by Gasteiger charge is 2.17. The van der Waals surface area contributed by atoms with Gasteiger partial charge in [-0.2, -0.15) is 5.10 Å². The molecule has 2 N–H and O–H groups in total. The fourth-order valence-electron chi connectivity index (χ4n) is 3.70. The second-order valence-electron chi connectivity index (χ2n) is 7.49. The van der Waals surface area contributed by atoms with Crippen LogP contribution >= 0.6 is 0 Å². The molecule has 0 saturated heterocycles. The smallest absolute Gasteiger partial charge is 0.257 e. The zero-order valence-electron chi connectivity index (χ0n) is 17.6. The van der Waals surface area contributed by atoms with Gasteiger partial charge in [-0.1, -0.05) is 48.0 Å². The number of aromatic nitrogens is 3. The van der Waals surface area contributed by atoms with Crippen LogP contribution in [0, 0.1) is 20.8 Å². The van der Waals surface area contributed by atoms with E-state index in [1.165, 1.54) is 6.20 Å². The molecule has 4 rings (SSSR count). The van der Waals surface area contributed by atoms with Gasteiger partial charge >= 0.3 is 0 Å². The molecule has 4 aromatic rings. The van der Waals surface area contributed by atoms with Gasteiger partial charge in [0.25, 0.3) is 5.91 Å². The number of fused-ring (bicyclic) bond motifs is 1. The number of nitrogens with zero attached hydrogens (tertiary/aromatic N) is 3. The maximum atomic E-state index is 12.7. The van der Waals surface area contributed by atoms with Crippen LogP contribution in [0.5, 0.6) is 0 Å². The van der Waals surface area contributed by atoms with Gasteiger partial charge in [0.2, 0.25) is 5.91 Å². The lowest BCUT2D eigenvalue weighted by Crippen LogP contribution is -2.33. The van der Waals surface area contributed by atoms with Gasteiger partial charge in [0.05, 0.1) is 18.4 Å². The average molecular weight is 413 g/mol. The van der Waals surface area contributed by atoms with Crippen LogP contribution in [0.3, 0.4) is 0 Å². The number of carbonyl (C=O) groups excluding carboxylic acids is 2. The summed E-state index contributed by atoms with van der Waals surface area (Å²) < 4.78 is 1.63. The van der Waals surface area contributed by atoms with E-state index in [9.17, 15) is 9.59 Å². The summed E-state index contributed by atoms with van der Waals surface area (Å²) in [4.78, 5) is 29.4. The fraction of sp³-hybridized carbons (Fsp3) is 0.167. The van der Waals surface area contributed by atoms with Crippen molar-refractivity contribution in [3.63, 3.8) is 0 Å². The van der Waals surface area contributed by atoms with Gasteiger partial charge in [-0.15, -0.1) is 0 Å². The molecule has 0 aliphatic carbocycles. The zero-order chi connectivity index (χ0) is 22.0. The normalized spacial score (nSPS) is 10.8. The Morgan fingerprint density at radius 2 is 1.71 bits per heavy atom. The summed E-state index contributed by atoms with van der Waals surface area (Å²) in [6.45, 7) is 5.76. The maximum absolute atomic E-state index is 12.7. The molecule has 0 atom stereocenters. The van der Waals surface area contributed by atoms with Crippen molar-refractivity contribution >= 4 is 23.1 Å². The highest BCUT2D eigenvalue weighted by atomic mass is 16.2. The zero-order valence-corrected chi connectivity index (χ0v) is 17.6. The number of benzene rings is 2. The molecule has 0 aliphatic rings. The molecule has 2 aromatic carbocycles. The number of carbonyl (C=O) groups is 2. The van der Waals surface area contributed by atoms with Crippen LogP contribution < -0.4 is 10.6 Å². The number of anilines is 1. The van der Waals surface area contributed by atoms with Crippen LogP contribution in [0.15, 0.2) is 60.9 Å². The predicted octanol–water partition coefficient (Wildman–Crippen LogP) is 3.69. The second-order valence-corrected chi connectivity index (χ2v) is 7.49. The minimum Gasteiger partial charge on any atom is -0.343 e. The standard InChI is InChI=1S/C24H23N5O2/c1-15-11-16(2)22(17(3)12-15)28-21(30)14-26-24(31)19-13-27-29-20(9-10-25-23(19)29)18-7-5-4-6-8-18/h4-13H,14H2,1-3H3,(H,26,31)(H,28,30). The molecule has 2 aromatic heterocycles. The van der Waals surface area contributed by atoms with E-state index in [1.54, 1.807) is 10.7 Å². The van der Waals surface area contributed by atoms with Gasteiger partial charge in [0.1, 0.15) is 5.56 Å². The van der Waals surface area contributed by atoms with E-state index in [2.05, 4.69) is 20.7 Å². The molecule has 0 spiro atoms. The number of aryl methyl sites for hydroxylation is 3. The summed E-state index contributed by atoms with van der Waals surface area (Å²) >= 11 is 0. The molecular formula is C24H23N5O2. The van der Waals surface area contributed by atoms with Crippen molar-refractivity contribution in [2.75, 3.05) is 11.9 Å². The summed E-state index contributed by atoms with van der Waals surface area (Å²) in [6, 6.07) is 15.6. The largest absolute Gasteiger partial charge is 0.343 e. The average Bonchev–Trinajstić information content (AvgIpc) is 3.19. The SMILES string of the molecule is Cc1cc(C)c(NC(=O)CNC(=O)c2cnn3c(-c4ccccc4)ccnc23)c(C)c1. The summed E-state index contributed by atoms with van der Waals surface area (Å²) in [5, 5.41) is 9.88. The van der Waals surface area contributed by atoms with Crippen LogP contribution in [0.1, 0.15) is 27.0 Å². The highest BCUT2D eigenvalue weighted by Crippen LogP contribution is 2.22. The van der Waals surface area contributed by atoms with Crippen molar-refractivity contribution < 1.29 is 9.59 Å². The first-order valence-corrected chi connectivity index (χ1v) is 9.98. The molecule has 0 fully saturated rings. The van der Waals surface area contributed by atoms with Crippen molar-refractivity contribution in [3.05, 3.63) is 83.2 Å². The lowest BCUT2D eigenvalue weighted by atomic mass is 10.1. The monoisotopic (exact) mass is 413 g/mol. The Hall–Kier alpha value is -4.00. The van der Waals surface area contributed by atoms with E-state index in [-0.39, 0.29) is 12.5 Å². The van der Waals surface area contributed by atoms with E-state index in [0.29, 0.717) is 11.2 Å². The fourth-order valence-corrected chi connectivity index (χ4v) is 3.70. The van der Waals surface area contributed by atoms with Crippen molar-refractivity contribution in [2.45, 2.75) is 20.8 Å². The van der Waals surface area contributed by atoms with E-state index in [4.69, 9.17) is 0 Å². The third-order valence-corrected chi connectivity index (χ3v) is 5.07. The molecule has 7 heteroatoms. The first-order chi connectivity index (χ1) is 14.9. The lowest BCUT2D eigenvalue weighted by Gasteiger charge is -2.13. The number of hydrogen-bond acceptors (Lipinski definition) is 4. The molecule has 7 nitrogen and oxygen atoms in total. The minimum absolute atomic E-state index is 0.151. The van der Waals surface area contributed by atoms with Crippen LogP contribution in [-0.2, 0) is 4.79 Å². The minimum atomic E-state index is -0.403. The molecule has 2 heterocycles. The van der Waals surface area contributed by atoms with Crippen molar-refractivity contribution in [1.82, 2.24) is 19.9 Å². The van der Waals surface area contributed by atoms with Crippen molar-refractivity contribution in [2.24, 2.45) is 0 Å². The van der Waals surface area contributed by atoms with Crippen LogP contribution in [0.2, 0.25) is 0 Å². The van der Waals surface area contributed by atoms with Gasteiger partial charge < -0.3 is 10.6 Å². The van der Waals surface area contributed by atoms with Crippen molar-refractivity contribution in [3.8, 4) is 11.3 Å². The van der Waals surface area contributed by atoms with E-state index < -0.39 is 5.91 Å². The van der Waals surface area contributed by atoms with Gasteiger partial charge in [0.15, 0.2) is 5.65 Å². The van der Waals surface area contributed by atoms with E-state index >= 15 is 0 Å². The Kier molecular flexibility index (Phi) is 5.49. The number of amides is 2. The topological polar surface area (TPSA) is 88.4 Å². The van der Waals surface area contributed by atoms with E-state index in [1.807, 2.05) is 69.3 Å². The molecule has 156 valence electrons. The second kappa shape index (κ2) is 8.39. The predicted molar refractivity (Wildman–Crippen MR) is 120 cm³/mol. The Labute approximate surface area is 180 Å². The molecule has 0 bridgehead atoms. The molecule has 31 heavy (non-hydrogen) atoms. The summed E-state index contributed by atoms with van der Waals surface area (Å²) in [6.07, 6.45) is 3.11. The Morgan fingerprint density at radius 1 is 1.00 bits per heavy atom. The molecule has 0 radical (unpaired) electrons. The highest BCUT2D eigenvalue weighted by molar-refractivity contribution is 6.03. The molecule has 0 saturated carbocycles. The van der Waals surface area contributed by atoms with Crippen molar-refractivity contribution in [1.29, 1.82) is 0 Å². The molecule has 0 aliphatic heterocycles.